The summed E-state index contributed by atoms with van der Waals surface area (Å²) in [5.74, 6) is -0.494. The number of rotatable bonds is 5. The summed E-state index contributed by atoms with van der Waals surface area (Å²) in [5, 5.41) is 8.72. The Balaban J connectivity index is 1.88. The van der Waals surface area contributed by atoms with E-state index in [-0.39, 0.29) is 24.4 Å². The Labute approximate surface area is 124 Å². The maximum atomic E-state index is 13.4. The van der Waals surface area contributed by atoms with E-state index in [1.165, 1.54) is 12.1 Å². The number of likely N-dealkylation sites (tertiary alicyclic amines) is 1. The lowest BCUT2D eigenvalue weighted by Gasteiger charge is -2.32. The summed E-state index contributed by atoms with van der Waals surface area (Å²) in [6.07, 6.45) is 2.35. The second-order valence-corrected chi connectivity index (χ2v) is 5.46. The molecule has 1 saturated heterocycles. The van der Waals surface area contributed by atoms with Gasteiger partial charge < -0.3 is 14.7 Å². The zero-order valence-corrected chi connectivity index (χ0v) is 12.3. The van der Waals surface area contributed by atoms with E-state index in [9.17, 15) is 9.18 Å². The number of carbonyl (C=O) groups excluding carboxylic acids is 1. The van der Waals surface area contributed by atoms with Crippen molar-refractivity contribution in [2.75, 3.05) is 26.3 Å². The van der Waals surface area contributed by atoms with Crippen LogP contribution in [-0.4, -0.2) is 48.3 Å². The zero-order valence-electron chi connectivity index (χ0n) is 12.3. The third kappa shape index (κ3) is 4.51. The number of carbonyl (C=O) groups is 1. The molecule has 1 amide bonds. The van der Waals surface area contributed by atoms with E-state index in [1.54, 1.807) is 17.9 Å². The number of benzene rings is 1. The molecule has 1 heterocycles. The standard InChI is InChI=1S/C16H22FNO3/c1-12-9-13(11-14(17)10-12)16(20)18-5-3-15(4-6-18)21-8-2-7-19/h9-11,15,19H,2-8H2,1H3. The molecule has 0 radical (unpaired) electrons. The van der Waals surface area contributed by atoms with Crippen LogP contribution in [0.25, 0.3) is 0 Å². The average Bonchev–Trinajstić information content (AvgIpc) is 2.46. The minimum atomic E-state index is -0.374. The lowest BCUT2D eigenvalue weighted by Crippen LogP contribution is -2.41. The van der Waals surface area contributed by atoms with Crippen molar-refractivity contribution in [3.63, 3.8) is 0 Å². The van der Waals surface area contributed by atoms with E-state index in [1.807, 2.05) is 0 Å². The second-order valence-electron chi connectivity index (χ2n) is 5.46. The fourth-order valence-corrected chi connectivity index (χ4v) is 2.58. The molecule has 0 aromatic heterocycles. The molecule has 21 heavy (non-hydrogen) atoms. The van der Waals surface area contributed by atoms with Gasteiger partial charge in [-0.2, -0.15) is 0 Å². The Morgan fingerprint density at radius 2 is 2.10 bits per heavy atom. The molecule has 116 valence electrons. The number of hydrogen-bond donors (Lipinski definition) is 1. The van der Waals surface area contributed by atoms with Crippen LogP contribution in [0.4, 0.5) is 4.39 Å². The molecule has 1 N–H and O–H groups in total. The zero-order chi connectivity index (χ0) is 15.2. The highest BCUT2D eigenvalue weighted by atomic mass is 19.1. The molecule has 0 bridgehead atoms. The van der Waals surface area contributed by atoms with Crippen molar-refractivity contribution < 1.29 is 19.0 Å². The summed E-state index contributed by atoms with van der Waals surface area (Å²) < 4.78 is 19.0. The molecule has 1 aromatic carbocycles. The van der Waals surface area contributed by atoms with Crippen molar-refractivity contribution in [3.8, 4) is 0 Å². The Morgan fingerprint density at radius 3 is 2.71 bits per heavy atom. The number of amides is 1. The lowest BCUT2D eigenvalue weighted by molar-refractivity contribution is 0.00396. The van der Waals surface area contributed by atoms with Crippen molar-refractivity contribution in [2.24, 2.45) is 0 Å². The fraction of sp³-hybridized carbons (Fsp3) is 0.562. The first kappa shape index (κ1) is 15.9. The van der Waals surface area contributed by atoms with Gasteiger partial charge in [0.25, 0.3) is 5.91 Å². The van der Waals surface area contributed by atoms with E-state index < -0.39 is 0 Å². The fourth-order valence-electron chi connectivity index (χ4n) is 2.58. The largest absolute Gasteiger partial charge is 0.396 e. The number of aryl methyl sites for hydroxylation is 1. The van der Waals surface area contributed by atoms with Crippen LogP contribution in [0.1, 0.15) is 35.2 Å². The number of nitrogens with zero attached hydrogens (tertiary/aromatic N) is 1. The maximum absolute atomic E-state index is 13.4. The van der Waals surface area contributed by atoms with Gasteiger partial charge in [0.1, 0.15) is 5.82 Å². The highest BCUT2D eigenvalue weighted by molar-refractivity contribution is 5.94. The third-order valence-electron chi connectivity index (χ3n) is 3.67. The third-order valence-corrected chi connectivity index (χ3v) is 3.67. The molecule has 0 atom stereocenters. The minimum absolute atomic E-state index is 0.119. The summed E-state index contributed by atoms with van der Waals surface area (Å²) >= 11 is 0. The molecule has 0 spiro atoms. The van der Waals surface area contributed by atoms with Gasteiger partial charge >= 0.3 is 0 Å². The molecular formula is C16H22FNO3. The molecule has 1 fully saturated rings. The van der Waals surface area contributed by atoms with Gasteiger partial charge in [0.05, 0.1) is 6.10 Å². The molecule has 0 aliphatic carbocycles. The van der Waals surface area contributed by atoms with Crippen LogP contribution in [0.3, 0.4) is 0 Å². The van der Waals surface area contributed by atoms with Crippen LogP contribution in [0.15, 0.2) is 18.2 Å². The van der Waals surface area contributed by atoms with E-state index in [0.717, 1.165) is 18.4 Å². The topological polar surface area (TPSA) is 49.8 Å². The highest BCUT2D eigenvalue weighted by Gasteiger charge is 2.24. The number of aliphatic hydroxyl groups excluding tert-OH is 1. The lowest BCUT2D eigenvalue weighted by atomic mass is 10.1. The van der Waals surface area contributed by atoms with Gasteiger partial charge in [-0.15, -0.1) is 0 Å². The Hall–Kier alpha value is -1.46. The van der Waals surface area contributed by atoms with E-state index in [0.29, 0.717) is 31.7 Å². The molecule has 5 heteroatoms. The predicted octanol–water partition coefficient (Wildman–Crippen LogP) is 2.14. The molecule has 1 aromatic rings. The summed E-state index contributed by atoms with van der Waals surface area (Å²) in [7, 11) is 0. The molecule has 1 aliphatic rings. The molecule has 2 rings (SSSR count). The number of aliphatic hydroxyl groups is 1. The number of hydrogen-bond acceptors (Lipinski definition) is 3. The molecule has 4 nitrogen and oxygen atoms in total. The Kier molecular flexibility index (Phi) is 5.70. The summed E-state index contributed by atoms with van der Waals surface area (Å²) in [5.41, 5.74) is 1.16. The van der Waals surface area contributed by atoms with Crippen molar-refractivity contribution in [1.82, 2.24) is 4.90 Å². The molecular weight excluding hydrogens is 273 g/mol. The van der Waals surface area contributed by atoms with E-state index in [2.05, 4.69) is 0 Å². The Morgan fingerprint density at radius 1 is 1.38 bits per heavy atom. The van der Waals surface area contributed by atoms with E-state index in [4.69, 9.17) is 9.84 Å². The van der Waals surface area contributed by atoms with Crippen LogP contribution in [0.2, 0.25) is 0 Å². The number of ether oxygens (including phenoxy) is 1. The second kappa shape index (κ2) is 7.52. The summed E-state index contributed by atoms with van der Waals surface area (Å²) in [6, 6.07) is 4.42. The van der Waals surface area contributed by atoms with Crippen molar-refractivity contribution >= 4 is 5.91 Å². The minimum Gasteiger partial charge on any atom is -0.396 e. The smallest absolute Gasteiger partial charge is 0.253 e. The van der Waals surface area contributed by atoms with Gasteiger partial charge in [0.2, 0.25) is 0 Å². The summed E-state index contributed by atoms with van der Waals surface area (Å²) in [4.78, 5) is 14.1. The van der Waals surface area contributed by atoms with Crippen molar-refractivity contribution in [1.29, 1.82) is 0 Å². The Bertz CT molecular complexity index is 464. The van der Waals surface area contributed by atoms with Crippen molar-refractivity contribution in [3.05, 3.63) is 35.1 Å². The number of halogens is 1. The molecule has 0 saturated carbocycles. The van der Waals surface area contributed by atoms with Gasteiger partial charge in [-0.25, -0.2) is 4.39 Å². The van der Waals surface area contributed by atoms with Gasteiger partial charge in [0, 0.05) is 31.9 Å². The first-order valence-corrected chi connectivity index (χ1v) is 7.39. The first-order valence-electron chi connectivity index (χ1n) is 7.39. The summed E-state index contributed by atoms with van der Waals surface area (Å²) in [6.45, 7) is 3.71. The van der Waals surface area contributed by atoms with Crippen molar-refractivity contribution in [2.45, 2.75) is 32.3 Å². The number of piperidine rings is 1. The first-order chi connectivity index (χ1) is 10.1. The predicted molar refractivity (Wildman–Crippen MR) is 77.7 cm³/mol. The molecule has 0 unspecified atom stereocenters. The monoisotopic (exact) mass is 295 g/mol. The van der Waals surface area contributed by atoms with Gasteiger partial charge in [-0.1, -0.05) is 0 Å². The normalized spacial score (nSPS) is 16.2. The van der Waals surface area contributed by atoms with Crippen LogP contribution < -0.4 is 0 Å². The van der Waals surface area contributed by atoms with Gasteiger partial charge in [-0.3, -0.25) is 4.79 Å². The van der Waals surface area contributed by atoms with Gasteiger partial charge in [0.15, 0.2) is 0 Å². The highest BCUT2D eigenvalue weighted by Crippen LogP contribution is 2.18. The van der Waals surface area contributed by atoms with Crippen LogP contribution in [-0.2, 0) is 4.74 Å². The molecule has 1 aliphatic heterocycles. The van der Waals surface area contributed by atoms with Crippen LogP contribution >= 0.6 is 0 Å². The SMILES string of the molecule is Cc1cc(F)cc(C(=O)N2CCC(OCCCO)CC2)c1. The average molecular weight is 295 g/mol. The van der Waals surface area contributed by atoms with Crippen LogP contribution in [0.5, 0.6) is 0 Å². The quantitative estimate of drug-likeness (QED) is 0.847. The maximum Gasteiger partial charge on any atom is 0.253 e. The van der Waals surface area contributed by atoms with Crippen LogP contribution in [0, 0.1) is 12.7 Å². The van der Waals surface area contributed by atoms with E-state index >= 15 is 0 Å². The van der Waals surface area contributed by atoms with Gasteiger partial charge in [-0.05, 0) is 49.9 Å².